The Hall–Kier alpha value is -1.10. The van der Waals surface area contributed by atoms with Gasteiger partial charge < -0.3 is 15.8 Å². The van der Waals surface area contributed by atoms with Crippen molar-refractivity contribution in [1.82, 2.24) is 5.32 Å². The summed E-state index contributed by atoms with van der Waals surface area (Å²) in [6.07, 6.45) is 1.04. The van der Waals surface area contributed by atoms with Crippen LogP contribution in [0.1, 0.15) is 33.6 Å². The van der Waals surface area contributed by atoms with E-state index in [-0.39, 0.29) is 30.8 Å². The maximum absolute atomic E-state index is 11.5. The summed E-state index contributed by atoms with van der Waals surface area (Å²) in [6.45, 7) is 6.29. The smallest absolute Gasteiger partial charge is 0.307 e. The van der Waals surface area contributed by atoms with E-state index < -0.39 is 6.04 Å². The first-order valence-corrected chi connectivity index (χ1v) is 5.71. The Morgan fingerprint density at radius 3 is 2.50 bits per heavy atom. The largest absolute Gasteiger partial charge is 0.466 e. The minimum absolute atomic E-state index is 0.141. The minimum Gasteiger partial charge on any atom is -0.466 e. The highest BCUT2D eigenvalue weighted by Crippen LogP contribution is 2.04. The van der Waals surface area contributed by atoms with Gasteiger partial charge in [0.25, 0.3) is 0 Å². The second-order valence-corrected chi connectivity index (χ2v) is 3.76. The van der Waals surface area contributed by atoms with Gasteiger partial charge in [0.1, 0.15) is 0 Å². The van der Waals surface area contributed by atoms with Crippen LogP contribution in [-0.2, 0) is 14.3 Å². The van der Waals surface area contributed by atoms with Crippen molar-refractivity contribution >= 4 is 11.9 Å². The van der Waals surface area contributed by atoms with Gasteiger partial charge in [-0.2, -0.15) is 0 Å². The third-order valence-corrected chi connectivity index (χ3v) is 2.49. The molecule has 2 atom stereocenters. The van der Waals surface area contributed by atoms with Crippen LogP contribution in [0.25, 0.3) is 0 Å². The maximum atomic E-state index is 11.5. The van der Waals surface area contributed by atoms with E-state index in [4.69, 9.17) is 10.5 Å². The van der Waals surface area contributed by atoms with Gasteiger partial charge in [0.15, 0.2) is 0 Å². The molecule has 0 saturated heterocycles. The summed E-state index contributed by atoms with van der Waals surface area (Å²) < 4.78 is 4.73. The predicted molar refractivity (Wildman–Crippen MR) is 61.7 cm³/mol. The van der Waals surface area contributed by atoms with Crippen LogP contribution >= 0.6 is 0 Å². The lowest BCUT2D eigenvalue weighted by molar-refractivity contribution is -0.143. The van der Waals surface area contributed by atoms with Gasteiger partial charge in [0.05, 0.1) is 19.1 Å². The molecule has 0 aliphatic heterocycles. The monoisotopic (exact) mass is 230 g/mol. The molecule has 3 N–H and O–H groups in total. The fraction of sp³-hybridized carbons (Fsp3) is 0.818. The van der Waals surface area contributed by atoms with E-state index in [0.29, 0.717) is 6.61 Å². The van der Waals surface area contributed by atoms with Crippen molar-refractivity contribution in [3.63, 3.8) is 0 Å². The van der Waals surface area contributed by atoms with Crippen molar-refractivity contribution in [2.45, 2.75) is 39.7 Å². The molecule has 0 saturated carbocycles. The molecule has 0 aromatic heterocycles. The van der Waals surface area contributed by atoms with E-state index in [2.05, 4.69) is 5.32 Å². The third kappa shape index (κ3) is 5.70. The number of carbonyl (C=O) groups is 2. The van der Waals surface area contributed by atoms with Crippen LogP contribution in [0.15, 0.2) is 0 Å². The molecule has 1 amide bonds. The molecule has 94 valence electrons. The van der Waals surface area contributed by atoms with Crippen molar-refractivity contribution in [2.24, 2.45) is 11.7 Å². The molecule has 16 heavy (non-hydrogen) atoms. The molecule has 0 aromatic carbocycles. The van der Waals surface area contributed by atoms with Gasteiger partial charge in [-0.1, -0.05) is 20.3 Å². The SMILES string of the molecule is CCOC(=O)CCNC(=O)C(N)[C@@H](C)CC. The van der Waals surface area contributed by atoms with Gasteiger partial charge >= 0.3 is 5.97 Å². The molecule has 0 fully saturated rings. The normalized spacial score (nSPS) is 14.0. The molecule has 0 rings (SSSR count). The average molecular weight is 230 g/mol. The summed E-state index contributed by atoms with van der Waals surface area (Å²) in [6, 6.07) is -0.507. The van der Waals surface area contributed by atoms with E-state index in [0.717, 1.165) is 6.42 Å². The van der Waals surface area contributed by atoms with Gasteiger partial charge in [-0.15, -0.1) is 0 Å². The predicted octanol–water partition coefficient (Wildman–Crippen LogP) is 0.429. The Kier molecular flexibility index (Phi) is 7.54. The Labute approximate surface area is 96.7 Å². The molecule has 0 bridgehead atoms. The van der Waals surface area contributed by atoms with Crippen molar-refractivity contribution in [2.75, 3.05) is 13.2 Å². The molecule has 0 radical (unpaired) electrons. The summed E-state index contributed by atoms with van der Waals surface area (Å²) in [5.74, 6) is -0.374. The first kappa shape index (κ1) is 14.9. The number of amides is 1. The molecule has 0 heterocycles. The molecular weight excluding hydrogens is 208 g/mol. The molecule has 5 nitrogen and oxygen atoms in total. The summed E-state index contributed by atoms with van der Waals surface area (Å²) in [4.78, 5) is 22.5. The summed E-state index contributed by atoms with van der Waals surface area (Å²) in [7, 11) is 0. The molecule has 0 aromatic rings. The Morgan fingerprint density at radius 1 is 1.38 bits per heavy atom. The van der Waals surface area contributed by atoms with Crippen LogP contribution < -0.4 is 11.1 Å². The van der Waals surface area contributed by atoms with E-state index in [1.54, 1.807) is 6.92 Å². The van der Waals surface area contributed by atoms with E-state index in [1.165, 1.54) is 0 Å². The average Bonchev–Trinajstić information content (AvgIpc) is 2.27. The van der Waals surface area contributed by atoms with Gasteiger partial charge in [0, 0.05) is 6.54 Å². The minimum atomic E-state index is -0.507. The zero-order chi connectivity index (χ0) is 12.6. The van der Waals surface area contributed by atoms with Crippen molar-refractivity contribution in [1.29, 1.82) is 0 Å². The van der Waals surface area contributed by atoms with Crippen LogP contribution in [0.3, 0.4) is 0 Å². The summed E-state index contributed by atoms with van der Waals surface area (Å²) in [5.41, 5.74) is 5.72. The van der Waals surface area contributed by atoms with Crippen LogP contribution in [0.4, 0.5) is 0 Å². The Bertz CT molecular complexity index is 231. The van der Waals surface area contributed by atoms with Crippen molar-refractivity contribution in [3.8, 4) is 0 Å². The van der Waals surface area contributed by atoms with Gasteiger partial charge in [-0.25, -0.2) is 0 Å². The van der Waals surface area contributed by atoms with E-state index in [1.807, 2.05) is 13.8 Å². The topological polar surface area (TPSA) is 81.4 Å². The fourth-order valence-electron chi connectivity index (χ4n) is 1.15. The quantitative estimate of drug-likeness (QED) is 0.621. The first-order valence-electron chi connectivity index (χ1n) is 5.71. The summed E-state index contributed by atoms with van der Waals surface area (Å²) in [5, 5.41) is 2.62. The zero-order valence-corrected chi connectivity index (χ0v) is 10.3. The highest BCUT2D eigenvalue weighted by molar-refractivity contribution is 5.82. The molecule has 0 aliphatic rings. The van der Waals surface area contributed by atoms with Gasteiger partial charge in [-0.05, 0) is 12.8 Å². The van der Waals surface area contributed by atoms with Gasteiger partial charge in [0.2, 0.25) is 5.91 Å². The maximum Gasteiger partial charge on any atom is 0.307 e. The Balaban J connectivity index is 3.77. The number of ether oxygens (including phenoxy) is 1. The van der Waals surface area contributed by atoms with Crippen LogP contribution in [0, 0.1) is 5.92 Å². The zero-order valence-electron chi connectivity index (χ0n) is 10.3. The lowest BCUT2D eigenvalue weighted by Gasteiger charge is -2.17. The Morgan fingerprint density at radius 2 is 2.00 bits per heavy atom. The second kappa shape index (κ2) is 8.10. The number of carbonyl (C=O) groups excluding carboxylic acids is 2. The standard InChI is InChI=1S/C11H22N2O3/c1-4-8(3)10(12)11(15)13-7-6-9(14)16-5-2/h8,10H,4-7,12H2,1-3H3,(H,13,15)/t8-,10?/m0/s1. The number of esters is 1. The lowest BCUT2D eigenvalue weighted by atomic mass is 9.99. The van der Waals surface area contributed by atoms with E-state index >= 15 is 0 Å². The summed E-state index contributed by atoms with van der Waals surface area (Å²) >= 11 is 0. The fourth-order valence-corrected chi connectivity index (χ4v) is 1.15. The van der Waals surface area contributed by atoms with Crippen LogP contribution in [0.5, 0.6) is 0 Å². The van der Waals surface area contributed by atoms with Crippen LogP contribution in [-0.4, -0.2) is 31.1 Å². The number of hydrogen-bond acceptors (Lipinski definition) is 4. The molecule has 0 spiro atoms. The molecule has 5 heteroatoms. The number of rotatable bonds is 7. The number of hydrogen-bond donors (Lipinski definition) is 2. The van der Waals surface area contributed by atoms with Crippen molar-refractivity contribution < 1.29 is 14.3 Å². The first-order chi connectivity index (χ1) is 7.52. The van der Waals surface area contributed by atoms with E-state index in [9.17, 15) is 9.59 Å². The molecule has 1 unspecified atom stereocenters. The van der Waals surface area contributed by atoms with Crippen molar-refractivity contribution in [3.05, 3.63) is 0 Å². The lowest BCUT2D eigenvalue weighted by Crippen LogP contribution is -2.45. The van der Waals surface area contributed by atoms with Crippen LogP contribution in [0.2, 0.25) is 0 Å². The third-order valence-electron chi connectivity index (χ3n) is 2.49. The molecule has 0 aliphatic carbocycles. The number of nitrogens with two attached hydrogens (primary N) is 1. The van der Waals surface area contributed by atoms with Gasteiger partial charge in [-0.3, -0.25) is 9.59 Å². The highest BCUT2D eigenvalue weighted by Gasteiger charge is 2.18. The second-order valence-electron chi connectivity index (χ2n) is 3.76. The molecular formula is C11H22N2O3. The number of nitrogens with one attached hydrogen (secondary N) is 1. The highest BCUT2D eigenvalue weighted by atomic mass is 16.5.